The van der Waals surface area contributed by atoms with Crippen molar-refractivity contribution < 1.29 is 4.79 Å². The highest BCUT2D eigenvalue weighted by Crippen LogP contribution is 2.31. The zero-order valence-corrected chi connectivity index (χ0v) is 18.1. The molecule has 3 N–H and O–H groups in total. The third kappa shape index (κ3) is 4.24. The standard InChI is InChI=1S/C23H28N4O2.ClH/c1-2-13-26-20-8-3-4-9-21(20)27(23(26)29)14-12-22(28)25-19-7-5-6-16-15-17(24)10-11-18(16)19;/h3-4,8-11,15,19H,2,5-7,12-14,24H2,1H3,(H,25,28);1H. The van der Waals surface area contributed by atoms with E-state index in [9.17, 15) is 9.59 Å². The molecule has 0 fully saturated rings. The molecule has 2 aromatic carbocycles. The second-order valence-electron chi connectivity index (χ2n) is 7.80. The van der Waals surface area contributed by atoms with Crippen molar-refractivity contribution in [1.29, 1.82) is 0 Å². The summed E-state index contributed by atoms with van der Waals surface area (Å²) in [6.07, 6.45) is 4.13. The maximum absolute atomic E-state index is 12.9. The number of anilines is 1. The average molecular weight is 429 g/mol. The van der Waals surface area contributed by atoms with Gasteiger partial charge in [0.1, 0.15) is 0 Å². The Hall–Kier alpha value is -2.73. The van der Waals surface area contributed by atoms with Crippen LogP contribution in [0.3, 0.4) is 0 Å². The van der Waals surface area contributed by atoms with Crippen LogP contribution in [-0.4, -0.2) is 15.0 Å². The Morgan fingerprint density at radius 3 is 2.53 bits per heavy atom. The Bertz CT molecular complexity index is 1100. The Labute approximate surface area is 182 Å². The number of nitrogens with two attached hydrogens (primary N) is 1. The van der Waals surface area contributed by atoms with Crippen LogP contribution in [0.2, 0.25) is 0 Å². The average Bonchev–Trinajstić information content (AvgIpc) is 2.98. The van der Waals surface area contributed by atoms with Crippen LogP contribution < -0.4 is 16.7 Å². The third-order valence-corrected chi connectivity index (χ3v) is 5.75. The van der Waals surface area contributed by atoms with Gasteiger partial charge in [-0.05, 0) is 61.1 Å². The number of hydrogen-bond donors (Lipinski definition) is 2. The minimum Gasteiger partial charge on any atom is -0.399 e. The molecule has 1 aliphatic carbocycles. The van der Waals surface area contributed by atoms with Crippen LogP contribution >= 0.6 is 12.4 Å². The molecular weight excluding hydrogens is 400 g/mol. The van der Waals surface area contributed by atoms with Crippen molar-refractivity contribution in [3.05, 3.63) is 64.1 Å². The zero-order chi connectivity index (χ0) is 20.4. The van der Waals surface area contributed by atoms with Crippen molar-refractivity contribution in [2.75, 3.05) is 5.73 Å². The van der Waals surface area contributed by atoms with E-state index in [1.165, 1.54) is 5.56 Å². The van der Waals surface area contributed by atoms with Crippen LogP contribution in [0.15, 0.2) is 47.3 Å². The quantitative estimate of drug-likeness (QED) is 0.586. The van der Waals surface area contributed by atoms with E-state index < -0.39 is 0 Å². The minimum atomic E-state index is -0.0423. The lowest BCUT2D eigenvalue weighted by atomic mass is 9.87. The number of nitrogen functional groups attached to an aromatic ring is 1. The molecule has 3 aromatic rings. The molecule has 0 saturated heterocycles. The van der Waals surface area contributed by atoms with Gasteiger partial charge in [0.15, 0.2) is 0 Å². The van der Waals surface area contributed by atoms with Crippen LogP contribution in [0.5, 0.6) is 0 Å². The number of benzene rings is 2. The summed E-state index contributed by atoms with van der Waals surface area (Å²) in [5.74, 6) is -0.0288. The molecule has 0 bridgehead atoms. The Morgan fingerprint density at radius 1 is 1.13 bits per heavy atom. The highest BCUT2D eigenvalue weighted by Gasteiger charge is 2.22. The number of aryl methyl sites for hydroxylation is 3. The smallest absolute Gasteiger partial charge is 0.329 e. The molecule has 1 amide bonds. The number of fused-ring (bicyclic) bond motifs is 2. The van der Waals surface area contributed by atoms with Crippen LogP contribution in [0.25, 0.3) is 11.0 Å². The summed E-state index contributed by atoms with van der Waals surface area (Å²) < 4.78 is 3.52. The van der Waals surface area contributed by atoms with E-state index in [-0.39, 0.29) is 36.5 Å². The molecule has 160 valence electrons. The molecule has 0 aliphatic heterocycles. The molecule has 1 aliphatic rings. The number of nitrogens with zero attached hydrogens (tertiary/aromatic N) is 2. The fourth-order valence-electron chi connectivity index (χ4n) is 4.39. The van der Waals surface area contributed by atoms with Gasteiger partial charge in [0.05, 0.1) is 17.1 Å². The first-order valence-corrected chi connectivity index (χ1v) is 10.4. The summed E-state index contributed by atoms with van der Waals surface area (Å²) in [7, 11) is 0. The first kappa shape index (κ1) is 22.0. The maximum atomic E-state index is 12.9. The number of aromatic nitrogens is 2. The molecule has 30 heavy (non-hydrogen) atoms. The second kappa shape index (κ2) is 9.39. The monoisotopic (exact) mass is 428 g/mol. The van der Waals surface area contributed by atoms with Gasteiger partial charge in [-0.1, -0.05) is 25.1 Å². The number of imidazole rings is 1. The van der Waals surface area contributed by atoms with Gasteiger partial charge < -0.3 is 11.1 Å². The number of rotatable bonds is 6. The molecule has 0 saturated carbocycles. The van der Waals surface area contributed by atoms with Crippen molar-refractivity contribution in [3.63, 3.8) is 0 Å². The largest absolute Gasteiger partial charge is 0.399 e. The maximum Gasteiger partial charge on any atom is 0.329 e. The Kier molecular flexibility index (Phi) is 6.87. The van der Waals surface area contributed by atoms with Crippen LogP contribution in [-0.2, 0) is 24.3 Å². The predicted octanol–water partition coefficient (Wildman–Crippen LogP) is 3.80. The van der Waals surface area contributed by atoms with E-state index in [0.29, 0.717) is 13.1 Å². The summed E-state index contributed by atoms with van der Waals surface area (Å²) in [6.45, 7) is 3.12. The molecule has 6 nitrogen and oxygen atoms in total. The van der Waals surface area contributed by atoms with Crippen LogP contribution in [0, 0.1) is 0 Å². The van der Waals surface area contributed by atoms with Gasteiger partial charge in [-0.3, -0.25) is 13.9 Å². The van der Waals surface area contributed by atoms with Crippen LogP contribution in [0.4, 0.5) is 5.69 Å². The fraction of sp³-hybridized carbons (Fsp3) is 0.391. The van der Waals surface area contributed by atoms with Gasteiger partial charge in [0.2, 0.25) is 5.91 Å². The molecule has 7 heteroatoms. The van der Waals surface area contributed by atoms with Gasteiger partial charge in [-0.15, -0.1) is 12.4 Å². The first-order chi connectivity index (χ1) is 14.1. The molecule has 0 radical (unpaired) electrons. The lowest BCUT2D eigenvalue weighted by Gasteiger charge is -2.26. The first-order valence-electron chi connectivity index (χ1n) is 10.4. The number of carbonyl (C=O) groups is 1. The summed E-state index contributed by atoms with van der Waals surface area (Å²) >= 11 is 0. The number of nitrogens with one attached hydrogen (secondary N) is 1. The van der Waals surface area contributed by atoms with E-state index in [1.54, 1.807) is 9.13 Å². The third-order valence-electron chi connectivity index (χ3n) is 5.75. The number of amides is 1. The van der Waals surface area contributed by atoms with Gasteiger partial charge in [-0.25, -0.2) is 4.79 Å². The minimum absolute atomic E-state index is 0. The molecule has 1 atom stereocenters. The number of hydrogen-bond acceptors (Lipinski definition) is 3. The van der Waals surface area contributed by atoms with Crippen molar-refractivity contribution >= 4 is 35.0 Å². The lowest BCUT2D eigenvalue weighted by Crippen LogP contribution is -2.32. The van der Waals surface area contributed by atoms with Crippen molar-refractivity contribution in [2.45, 2.75) is 58.2 Å². The van der Waals surface area contributed by atoms with Gasteiger partial charge in [0, 0.05) is 25.2 Å². The molecule has 4 rings (SSSR count). The van der Waals surface area contributed by atoms with E-state index in [4.69, 9.17) is 5.73 Å². The number of para-hydroxylation sites is 2. The molecular formula is C23H29ClN4O2. The number of carbonyl (C=O) groups excluding carboxylic acids is 1. The molecule has 1 heterocycles. The molecule has 1 aromatic heterocycles. The summed E-state index contributed by atoms with van der Waals surface area (Å²) in [5, 5.41) is 3.16. The van der Waals surface area contributed by atoms with E-state index in [2.05, 4.69) is 12.2 Å². The SMILES string of the molecule is CCCn1c(=O)n(CCC(=O)NC2CCCc3cc(N)ccc32)c2ccccc21.Cl. The highest BCUT2D eigenvalue weighted by molar-refractivity contribution is 5.85. The van der Waals surface area contributed by atoms with Crippen LogP contribution in [0.1, 0.15) is 49.8 Å². The normalized spacial score (nSPS) is 15.4. The molecule has 1 unspecified atom stereocenters. The fourth-order valence-corrected chi connectivity index (χ4v) is 4.39. The predicted molar refractivity (Wildman–Crippen MR) is 123 cm³/mol. The van der Waals surface area contributed by atoms with Gasteiger partial charge in [0.25, 0.3) is 0 Å². The van der Waals surface area contributed by atoms with Gasteiger partial charge in [-0.2, -0.15) is 0 Å². The van der Waals surface area contributed by atoms with E-state index >= 15 is 0 Å². The Morgan fingerprint density at radius 2 is 1.83 bits per heavy atom. The lowest BCUT2D eigenvalue weighted by molar-refractivity contribution is -0.122. The van der Waals surface area contributed by atoms with E-state index in [0.717, 1.165) is 48.0 Å². The Balaban J connectivity index is 0.00000256. The number of halogens is 1. The van der Waals surface area contributed by atoms with Crippen molar-refractivity contribution in [2.24, 2.45) is 0 Å². The van der Waals surface area contributed by atoms with Crippen molar-refractivity contribution in [1.82, 2.24) is 14.5 Å². The molecule has 0 spiro atoms. The van der Waals surface area contributed by atoms with E-state index in [1.807, 2.05) is 42.5 Å². The summed E-state index contributed by atoms with van der Waals surface area (Å²) in [4.78, 5) is 25.5. The summed E-state index contributed by atoms with van der Waals surface area (Å²) in [6, 6.07) is 13.7. The van der Waals surface area contributed by atoms with Gasteiger partial charge >= 0.3 is 5.69 Å². The highest BCUT2D eigenvalue weighted by atomic mass is 35.5. The zero-order valence-electron chi connectivity index (χ0n) is 17.3. The summed E-state index contributed by atoms with van der Waals surface area (Å²) in [5.41, 5.74) is 10.8. The van der Waals surface area contributed by atoms with Crippen molar-refractivity contribution in [3.8, 4) is 0 Å². The topological polar surface area (TPSA) is 82.0 Å². The second-order valence-corrected chi connectivity index (χ2v) is 7.80.